The van der Waals surface area contributed by atoms with E-state index in [4.69, 9.17) is 14.2 Å². The Bertz CT molecular complexity index is 859. The third-order valence-electron chi connectivity index (χ3n) is 4.67. The molecule has 0 fully saturated rings. The molecular formula is C22H26N2O3. The SMILES string of the molecule is CN1C=Cc2ccccc2C1.COc1cc2c(c(OC)c1OC)CCN=C2. The number of fused-ring (bicyclic) bond motifs is 2. The molecule has 2 heterocycles. The number of aliphatic imine (C=N–C) groups is 1. The van der Waals surface area contributed by atoms with Gasteiger partial charge in [0.2, 0.25) is 5.75 Å². The van der Waals surface area contributed by atoms with Crippen molar-refractivity contribution in [3.05, 3.63) is 58.8 Å². The zero-order chi connectivity index (χ0) is 19.2. The van der Waals surface area contributed by atoms with Crippen LogP contribution in [0.5, 0.6) is 17.2 Å². The molecule has 0 aromatic heterocycles. The number of hydrogen-bond donors (Lipinski definition) is 0. The second-order valence-corrected chi connectivity index (χ2v) is 6.43. The lowest BCUT2D eigenvalue weighted by molar-refractivity contribution is 0.322. The summed E-state index contributed by atoms with van der Waals surface area (Å²) in [5.41, 5.74) is 4.94. The number of nitrogens with zero attached hydrogens (tertiary/aromatic N) is 2. The molecule has 0 amide bonds. The van der Waals surface area contributed by atoms with E-state index in [0.29, 0.717) is 11.5 Å². The van der Waals surface area contributed by atoms with Crippen LogP contribution < -0.4 is 14.2 Å². The monoisotopic (exact) mass is 366 g/mol. The minimum absolute atomic E-state index is 0.652. The van der Waals surface area contributed by atoms with Gasteiger partial charge in [-0.25, -0.2) is 0 Å². The van der Waals surface area contributed by atoms with Crippen molar-refractivity contribution in [2.75, 3.05) is 34.9 Å². The first kappa shape index (κ1) is 18.8. The van der Waals surface area contributed by atoms with E-state index in [1.165, 1.54) is 11.1 Å². The standard InChI is InChI=1S/C12H15NO3.C10H11N/c1-14-10-6-8-7-13-5-4-9(8)11(15-2)12(10)16-3;1-11-7-6-9-4-2-3-5-10(9)8-11/h6-7H,4-5H2,1-3H3;2-7H,8H2,1H3. The van der Waals surface area contributed by atoms with Crippen LogP contribution in [0.1, 0.15) is 22.3 Å². The van der Waals surface area contributed by atoms with Crippen LogP contribution in [0.2, 0.25) is 0 Å². The van der Waals surface area contributed by atoms with Crippen LogP contribution in [0.3, 0.4) is 0 Å². The van der Waals surface area contributed by atoms with Crippen LogP contribution >= 0.6 is 0 Å². The van der Waals surface area contributed by atoms with Gasteiger partial charge in [-0.3, -0.25) is 4.99 Å². The first-order chi connectivity index (χ1) is 13.2. The lowest BCUT2D eigenvalue weighted by atomic mass is 10.0. The van der Waals surface area contributed by atoms with Crippen molar-refractivity contribution in [2.45, 2.75) is 13.0 Å². The summed E-state index contributed by atoms with van der Waals surface area (Å²) >= 11 is 0. The number of methoxy groups -OCH3 is 3. The van der Waals surface area contributed by atoms with Crippen molar-refractivity contribution in [1.82, 2.24) is 4.90 Å². The van der Waals surface area contributed by atoms with Crippen LogP contribution in [0, 0.1) is 0 Å². The van der Waals surface area contributed by atoms with Crippen LogP contribution in [0.4, 0.5) is 0 Å². The minimum Gasteiger partial charge on any atom is -0.493 e. The highest BCUT2D eigenvalue weighted by Gasteiger charge is 2.20. The highest BCUT2D eigenvalue weighted by atomic mass is 16.5. The molecular weight excluding hydrogens is 340 g/mol. The molecule has 142 valence electrons. The van der Waals surface area contributed by atoms with Gasteiger partial charge < -0.3 is 19.1 Å². The molecule has 0 saturated carbocycles. The molecule has 0 unspecified atom stereocenters. The van der Waals surface area contributed by atoms with E-state index in [9.17, 15) is 0 Å². The minimum atomic E-state index is 0.652. The van der Waals surface area contributed by atoms with Gasteiger partial charge in [-0.15, -0.1) is 0 Å². The molecule has 0 N–H and O–H groups in total. The van der Waals surface area contributed by atoms with Crippen LogP contribution in [0.15, 0.2) is 41.5 Å². The summed E-state index contributed by atoms with van der Waals surface area (Å²) in [5.74, 6) is 2.08. The van der Waals surface area contributed by atoms with E-state index in [0.717, 1.165) is 36.4 Å². The zero-order valence-corrected chi connectivity index (χ0v) is 16.4. The van der Waals surface area contributed by atoms with E-state index < -0.39 is 0 Å². The fourth-order valence-electron chi connectivity index (χ4n) is 3.32. The fourth-order valence-corrected chi connectivity index (χ4v) is 3.32. The molecule has 5 heteroatoms. The Morgan fingerprint density at radius 3 is 2.48 bits per heavy atom. The average Bonchev–Trinajstić information content (AvgIpc) is 2.72. The lowest BCUT2D eigenvalue weighted by Crippen LogP contribution is -2.13. The van der Waals surface area contributed by atoms with E-state index in [1.54, 1.807) is 21.3 Å². The summed E-state index contributed by atoms with van der Waals surface area (Å²) in [7, 11) is 6.96. The molecule has 4 rings (SSSR count). The third kappa shape index (κ3) is 4.08. The van der Waals surface area contributed by atoms with Crippen molar-refractivity contribution in [1.29, 1.82) is 0 Å². The summed E-state index contributed by atoms with van der Waals surface area (Å²) in [6.07, 6.45) is 6.99. The molecule has 0 spiro atoms. The van der Waals surface area contributed by atoms with Gasteiger partial charge in [-0.1, -0.05) is 24.3 Å². The largest absolute Gasteiger partial charge is 0.493 e. The highest BCUT2D eigenvalue weighted by molar-refractivity contribution is 5.86. The average molecular weight is 366 g/mol. The second-order valence-electron chi connectivity index (χ2n) is 6.43. The lowest BCUT2D eigenvalue weighted by Gasteiger charge is -2.20. The Morgan fingerprint density at radius 1 is 0.963 bits per heavy atom. The third-order valence-corrected chi connectivity index (χ3v) is 4.67. The van der Waals surface area contributed by atoms with E-state index in [1.807, 2.05) is 12.3 Å². The Morgan fingerprint density at radius 2 is 1.74 bits per heavy atom. The van der Waals surface area contributed by atoms with E-state index >= 15 is 0 Å². The van der Waals surface area contributed by atoms with Crippen molar-refractivity contribution >= 4 is 12.3 Å². The number of hydrogen-bond acceptors (Lipinski definition) is 5. The van der Waals surface area contributed by atoms with Crippen LogP contribution in [-0.4, -0.2) is 46.0 Å². The van der Waals surface area contributed by atoms with Gasteiger partial charge in [0.1, 0.15) is 0 Å². The quantitative estimate of drug-likeness (QED) is 0.829. The topological polar surface area (TPSA) is 43.3 Å². The molecule has 2 aliphatic heterocycles. The van der Waals surface area contributed by atoms with Crippen molar-refractivity contribution < 1.29 is 14.2 Å². The Hall–Kier alpha value is -2.95. The summed E-state index contributed by atoms with van der Waals surface area (Å²) < 4.78 is 16.0. The molecule has 0 atom stereocenters. The van der Waals surface area contributed by atoms with E-state index in [-0.39, 0.29) is 0 Å². The molecule has 0 radical (unpaired) electrons. The Kier molecular flexibility index (Phi) is 6.01. The van der Waals surface area contributed by atoms with Gasteiger partial charge in [0.05, 0.1) is 21.3 Å². The van der Waals surface area contributed by atoms with Crippen LogP contribution in [0.25, 0.3) is 6.08 Å². The number of benzene rings is 2. The summed E-state index contributed by atoms with van der Waals surface area (Å²) in [5, 5.41) is 0. The summed E-state index contributed by atoms with van der Waals surface area (Å²) in [6.45, 7) is 1.82. The van der Waals surface area contributed by atoms with Gasteiger partial charge in [0.25, 0.3) is 0 Å². The zero-order valence-electron chi connectivity index (χ0n) is 16.4. The normalized spacial score (nSPS) is 13.9. The van der Waals surface area contributed by atoms with Gasteiger partial charge in [-0.2, -0.15) is 0 Å². The Labute approximate surface area is 160 Å². The summed E-state index contributed by atoms with van der Waals surface area (Å²) in [4.78, 5) is 6.43. The maximum absolute atomic E-state index is 5.41. The van der Waals surface area contributed by atoms with Crippen molar-refractivity contribution in [2.24, 2.45) is 4.99 Å². The van der Waals surface area contributed by atoms with Crippen molar-refractivity contribution in [3.8, 4) is 17.2 Å². The van der Waals surface area contributed by atoms with Crippen molar-refractivity contribution in [3.63, 3.8) is 0 Å². The molecule has 2 aliphatic rings. The fraction of sp³-hybridized carbons (Fsp3) is 0.318. The van der Waals surface area contributed by atoms with Gasteiger partial charge in [0.15, 0.2) is 11.5 Å². The highest BCUT2D eigenvalue weighted by Crippen LogP contribution is 2.42. The number of rotatable bonds is 3. The smallest absolute Gasteiger partial charge is 0.203 e. The molecule has 27 heavy (non-hydrogen) atoms. The van der Waals surface area contributed by atoms with Gasteiger partial charge in [0, 0.05) is 37.5 Å². The molecule has 2 aromatic carbocycles. The predicted octanol–water partition coefficient (Wildman–Crippen LogP) is 3.79. The van der Waals surface area contributed by atoms with Gasteiger partial charge >= 0.3 is 0 Å². The maximum Gasteiger partial charge on any atom is 0.203 e. The Balaban J connectivity index is 0.000000166. The van der Waals surface area contributed by atoms with Crippen LogP contribution in [-0.2, 0) is 13.0 Å². The second kappa shape index (κ2) is 8.62. The first-order valence-corrected chi connectivity index (χ1v) is 8.96. The molecule has 0 aliphatic carbocycles. The summed E-state index contributed by atoms with van der Waals surface area (Å²) in [6, 6.07) is 10.4. The molecule has 0 bridgehead atoms. The van der Waals surface area contributed by atoms with Gasteiger partial charge in [-0.05, 0) is 35.9 Å². The number of ether oxygens (including phenoxy) is 3. The molecule has 0 saturated heterocycles. The molecule has 5 nitrogen and oxygen atoms in total. The van der Waals surface area contributed by atoms with E-state index in [2.05, 4.69) is 53.5 Å². The molecule has 2 aromatic rings. The maximum atomic E-state index is 5.41. The predicted molar refractivity (Wildman–Crippen MR) is 109 cm³/mol. The first-order valence-electron chi connectivity index (χ1n) is 8.96.